The fourth-order valence-corrected chi connectivity index (χ4v) is 2.81. The Morgan fingerprint density at radius 1 is 1.41 bits per heavy atom. The summed E-state index contributed by atoms with van der Waals surface area (Å²) in [4.78, 5) is 25.7. The molecule has 2 amide bonds. The molecule has 0 aromatic rings. The molecule has 0 aromatic heterocycles. The van der Waals surface area contributed by atoms with Crippen LogP contribution in [-0.2, 0) is 9.59 Å². The number of hydrogen-bond acceptors (Lipinski definition) is 3. The quantitative estimate of drug-likeness (QED) is 0.830. The molecule has 1 aliphatic heterocycles. The van der Waals surface area contributed by atoms with Crippen LogP contribution in [0.25, 0.3) is 0 Å². The molecule has 2 unspecified atom stereocenters. The Kier molecular flexibility index (Phi) is 5.31. The molecule has 0 spiro atoms. The molecule has 0 bridgehead atoms. The number of nitrogens with zero attached hydrogens (tertiary/aromatic N) is 1. The van der Waals surface area contributed by atoms with Crippen LogP contribution in [0, 0.1) is 5.92 Å². The summed E-state index contributed by atoms with van der Waals surface area (Å²) < 4.78 is 0. The Labute approximate surface area is 108 Å². The molecule has 2 atom stereocenters. The maximum Gasteiger partial charge on any atom is 0.243 e. The highest BCUT2D eigenvalue weighted by molar-refractivity contribution is 7.99. The second-order valence-corrected chi connectivity index (χ2v) is 5.80. The Bertz CT molecular complexity index is 294. The zero-order valence-electron chi connectivity index (χ0n) is 11.0. The average molecular weight is 258 g/mol. The van der Waals surface area contributed by atoms with Crippen molar-refractivity contribution in [2.24, 2.45) is 5.92 Å². The van der Waals surface area contributed by atoms with Gasteiger partial charge >= 0.3 is 0 Å². The standard InChI is InChI=1S/C12H22N2O2S/c1-5-9(4)13-11(15)10-6-17-7-14(10)12(16)8(2)3/h8-10H,5-7H2,1-4H3,(H,13,15). The van der Waals surface area contributed by atoms with Crippen LogP contribution in [0.5, 0.6) is 0 Å². The number of amides is 2. The summed E-state index contributed by atoms with van der Waals surface area (Å²) in [6.07, 6.45) is 0.906. The van der Waals surface area contributed by atoms with Crippen LogP contribution in [0.3, 0.4) is 0 Å². The highest BCUT2D eigenvalue weighted by Gasteiger charge is 2.35. The molecule has 0 aromatic carbocycles. The van der Waals surface area contributed by atoms with Gasteiger partial charge in [-0.1, -0.05) is 20.8 Å². The third-order valence-corrected chi connectivity index (χ3v) is 3.98. The van der Waals surface area contributed by atoms with Crippen molar-refractivity contribution >= 4 is 23.6 Å². The van der Waals surface area contributed by atoms with Gasteiger partial charge in [0, 0.05) is 17.7 Å². The highest BCUT2D eigenvalue weighted by Crippen LogP contribution is 2.23. The van der Waals surface area contributed by atoms with E-state index in [1.807, 2.05) is 27.7 Å². The molecule has 1 rings (SSSR count). The highest BCUT2D eigenvalue weighted by atomic mass is 32.2. The number of rotatable bonds is 4. The van der Waals surface area contributed by atoms with Gasteiger partial charge in [-0.3, -0.25) is 9.59 Å². The van der Waals surface area contributed by atoms with Crippen LogP contribution < -0.4 is 5.32 Å². The topological polar surface area (TPSA) is 49.4 Å². The van der Waals surface area contributed by atoms with Crippen molar-refractivity contribution in [1.29, 1.82) is 0 Å². The van der Waals surface area contributed by atoms with E-state index in [9.17, 15) is 9.59 Å². The lowest BCUT2D eigenvalue weighted by molar-refractivity contribution is -0.140. The van der Waals surface area contributed by atoms with E-state index in [4.69, 9.17) is 0 Å². The summed E-state index contributed by atoms with van der Waals surface area (Å²) >= 11 is 1.64. The predicted molar refractivity (Wildman–Crippen MR) is 70.7 cm³/mol. The first-order valence-corrected chi connectivity index (χ1v) is 7.31. The van der Waals surface area contributed by atoms with E-state index in [-0.39, 0.29) is 29.8 Å². The molecule has 1 saturated heterocycles. The zero-order valence-corrected chi connectivity index (χ0v) is 11.8. The van der Waals surface area contributed by atoms with E-state index in [1.54, 1.807) is 16.7 Å². The van der Waals surface area contributed by atoms with Gasteiger partial charge in [0.15, 0.2) is 0 Å². The van der Waals surface area contributed by atoms with Crippen molar-refractivity contribution in [1.82, 2.24) is 10.2 Å². The first-order valence-electron chi connectivity index (χ1n) is 6.16. The van der Waals surface area contributed by atoms with Gasteiger partial charge in [-0.25, -0.2) is 0 Å². The SMILES string of the molecule is CCC(C)NC(=O)C1CSCN1C(=O)C(C)C. The van der Waals surface area contributed by atoms with Crippen LogP contribution in [0.1, 0.15) is 34.1 Å². The number of hydrogen-bond donors (Lipinski definition) is 1. The zero-order chi connectivity index (χ0) is 13.0. The van der Waals surface area contributed by atoms with Gasteiger partial charge < -0.3 is 10.2 Å². The fourth-order valence-electron chi connectivity index (χ4n) is 1.65. The van der Waals surface area contributed by atoms with Gasteiger partial charge in [-0.2, -0.15) is 0 Å². The lowest BCUT2D eigenvalue weighted by Gasteiger charge is -2.25. The van der Waals surface area contributed by atoms with Crippen molar-refractivity contribution in [2.45, 2.75) is 46.2 Å². The molecule has 1 N–H and O–H groups in total. The summed E-state index contributed by atoms with van der Waals surface area (Å²) in [6, 6.07) is -0.118. The van der Waals surface area contributed by atoms with Gasteiger partial charge in [0.25, 0.3) is 0 Å². The maximum atomic E-state index is 12.0. The monoisotopic (exact) mass is 258 g/mol. The van der Waals surface area contributed by atoms with Gasteiger partial charge in [-0.05, 0) is 13.3 Å². The van der Waals surface area contributed by atoms with Crippen molar-refractivity contribution in [3.05, 3.63) is 0 Å². The van der Waals surface area contributed by atoms with E-state index in [0.29, 0.717) is 11.6 Å². The summed E-state index contributed by atoms with van der Waals surface area (Å²) in [5.74, 6) is 1.35. The molecular formula is C12H22N2O2S. The summed E-state index contributed by atoms with van der Waals surface area (Å²) in [5.41, 5.74) is 0. The minimum atomic E-state index is -0.288. The third-order valence-electron chi connectivity index (χ3n) is 2.96. The molecule has 98 valence electrons. The van der Waals surface area contributed by atoms with Gasteiger partial charge in [0.2, 0.25) is 11.8 Å². The van der Waals surface area contributed by atoms with E-state index in [1.165, 1.54) is 0 Å². The Balaban J connectivity index is 2.63. The lowest BCUT2D eigenvalue weighted by atomic mass is 10.1. The van der Waals surface area contributed by atoms with Crippen LogP contribution in [0.4, 0.5) is 0 Å². The predicted octanol–water partition coefficient (Wildman–Crippen LogP) is 1.46. The van der Waals surface area contributed by atoms with Gasteiger partial charge in [0.05, 0.1) is 5.88 Å². The maximum absolute atomic E-state index is 12.0. The molecule has 1 fully saturated rings. The first-order chi connectivity index (χ1) is 7.97. The molecule has 0 radical (unpaired) electrons. The van der Waals surface area contributed by atoms with Crippen molar-refractivity contribution < 1.29 is 9.59 Å². The average Bonchev–Trinajstić information content (AvgIpc) is 2.76. The molecule has 17 heavy (non-hydrogen) atoms. The summed E-state index contributed by atoms with van der Waals surface area (Å²) in [7, 11) is 0. The van der Waals surface area contributed by atoms with E-state index >= 15 is 0 Å². The van der Waals surface area contributed by atoms with Crippen LogP contribution in [0.2, 0.25) is 0 Å². The van der Waals surface area contributed by atoms with E-state index in [2.05, 4.69) is 5.32 Å². The third kappa shape index (κ3) is 3.63. The Morgan fingerprint density at radius 3 is 2.59 bits per heavy atom. The minimum Gasteiger partial charge on any atom is -0.352 e. The van der Waals surface area contributed by atoms with Crippen molar-refractivity contribution in [3.63, 3.8) is 0 Å². The van der Waals surface area contributed by atoms with Crippen LogP contribution in [0.15, 0.2) is 0 Å². The first kappa shape index (κ1) is 14.4. The lowest BCUT2D eigenvalue weighted by Crippen LogP contribution is -2.50. The molecule has 5 heteroatoms. The number of carbonyl (C=O) groups is 2. The Hall–Kier alpha value is -0.710. The van der Waals surface area contributed by atoms with Crippen LogP contribution >= 0.6 is 11.8 Å². The largest absolute Gasteiger partial charge is 0.352 e. The smallest absolute Gasteiger partial charge is 0.243 e. The molecule has 0 aliphatic carbocycles. The van der Waals surface area contributed by atoms with Gasteiger partial charge in [-0.15, -0.1) is 11.8 Å². The molecule has 4 nitrogen and oxygen atoms in total. The number of nitrogens with one attached hydrogen (secondary N) is 1. The second kappa shape index (κ2) is 6.28. The fraction of sp³-hybridized carbons (Fsp3) is 0.833. The molecule has 1 aliphatic rings. The van der Waals surface area contributed by atoms with E-state index < -0.39 is 0 Å². The minimum absolute atomic E-state index is 0.0154. The van der Waals surface area contributed by atoms with Gasteiger partial charge in [0.1, 0.15) is 6.04 Å². The number of carbonyl (C=O) groups excluding carboxylic acids is 2. The van der Waals surface area contributed by atoms with Crippen molar-refractivity contribution in [2.75, 3.05) is 11.6 Å². The Morgan fingerprint density at radius 2 is 2.06 bits per heavy atom. The van der Waals surface area contributed by atoms with Crippen LogP contribution in [-0.4, -0.2) is 40.4 Å². The summed E-state index contributed by atoms with van der Waals surface area (Å²) in [5, 5.41) is 2.95. The van der Waals surface area contributed by atoms with Crippen molar-refractivity contribution in [3.8, 4) is 0 Å². The molecular weight excluding hydrogens is 236 g/mol. The molecule has 0 saturated carbocycles. The summed E-state index contributed by atoms with van der Waals surface area (Å²) in [6.45, 7) is 7.75. The second-order valence-electron chi connectivity index (χ2n) is 4.80. The normalized spacial score (nSPS) is 21.7. The molecule has 1 heterocycles. The van der Waals surface area contributed by atoms with E-state index in [0.717, 1.165) is 6.42 Å². The number of thioether (sulfide) groups is 1.